The number of halogens is 2. The number of carbonyl (C=O) groups is 1. The number of nitrogens with one attached hydrogen (secondary N) is 1. The number of hydrogen-bond acceptors (Lipinski definition) is 2. The van der Waals surface area contributed by atoms with Crippen molar-refractivity contribution in [2.45, 2.75) is 26.4 Å². The van der Waals surface area contributed by atoms with Crippen molar-refractivity contribution in [3.8, 4) is 0 Å². The summed E-state index contributed by atoms with van der Waals surface area (Å²) >= 11 is 11.9. The Morgan fingerprint density at radius 3 is 2.39 bits per heavy atom. The van der Waals surface area contributed by atoms with Crippen LogP contribution in [0.3, 0.4) is 0 Å². The Hall–Kier alpha value is -1.71. The lowest BCUT2D eigenvalue weighted by Gasteiger charge is -2.27. The molecule has 5 heteroatoms. The molecule has 0 aliphatic carbocycles. The van der Waals surface area contributed by atoms with Crippen molar-refractivity contribution < 1.29 is 4.79 Å². The van der Waals surface area contributed by atoms with E-state index >= 15 is 0 Å². The Morgan fingerprint density at radius 2 is 1.78 bits per heavy atom. The minimum absolute atomic E-state index is 0.0370. The smallest absolute Gasteiger partial charge is 0.242 e. The van der Waals surface area contributed by atoms with Crippen LogP contribution in [-0.2, 0) is 11.3 Å². The fourth-order valence-corrected chi connectivity index (χ4v) is 2.52. The molecule has 0 bridgehead atoms. The third-order valence-corrected chi connectivity index (χ3v) is 4.24. The third kappa shape index (κ3) is 5.15. The summed E-state index contributed by atoms with van der Waals surface area (Å²) in [6.45, 7) is 4.84. The van der Waals surface area contributed by atoms with Gasteiger partial charge in [0.15, 0.2) is 0 Å². The lowest BCUT2D eigenvalue weighted by Crippen LogP contribution is -2.39. The number of hydrogen-bond donors (Lipinski definition) is 1. The second-order valence-electron chi connectivity index (χ2n) is 5.58. The van der Waals surface area contributed by atoms with Gasteiger partial charge in [0.25, 0.3) is 0 Å². The molecule has 0 radical (unpaired) electrons. The third-order valence-electron chi connectivity index (χ3n) is 3.50. The zero-order valence-electron chi connectivity index (χ0n) is 13.2. The Kier molecular flexibility index (Phi) is 6.31. The molecule has 0 heterocycles. The highest BCUT2D eigenvalue weighted by Gasteiger charge is 2.17. The van der Waals surface area contributed by atoms with E-state index in [4.69, 9.17) is 23.2 Å². The van der Waals surface area contributed by atoms with E-state index in [-0.39, 0.29) is 18.5 Å². The van der Waals surface area contributed by atoms with Crippen molar-refractivity contribution in [3.63, 3.8) is 0 Å². The van der Waals surface area contributed by atoms with Gasteiger partial charge in [0, 0.05) is 18.3 Å². The molecular formula is C18H20Cl2N2O. The van der Waals surface area contributed by atoms with Crippen LogP contribution in [0.5, 0.6) is 0 Å². The van der Waals surface area contributed by atoms with Crippen molar-refractivity contribution >= 4 is 34.8 Å². The Balaban J connectivity index is 1.99. The molecule has 1 N–H and O–H groups in total. The number of anilines is 1. The molecule has 0 spiro atoms. The molecule has 0 atom stereocenters. The highest BCUT2D eigenvalue weighted by Crippen LogP contribution is 2.24. The van der Waals surface area contributed by atoms with Gasteiger partial charge < -0.3 is 10.2 Å². The molecule has 0 aromatic heterocycles. The molecule has 3 nitrogen and oxygen atoms in total. The highest BCUT2D eigenvalue weighted by atomic mass is 35.5. The van der Waals surface area contributed by atoms with Gasteiger partial charge in [0.2, 0.25) is 5.91 Å². The van der Waals surface area contributed by atoms with Crippen LogP contribution in [0.1, 0.15) is 19.4 Å². The number of amides is 1. The van der Waals surface area contributed by atoms with Gasteiger partial charge in [0.05, 0.1) is 16.6 Å². The van der Waals surface area contributed by atoms with E-state index in [1.165, 1.54) is 0 Å². The molecular weight excluding hydrogens is 331 g/mol. The van der Waals surface area contributed by atoms with Crippen LogP contribution in [0.2, 0.25) is 10.0 Å². The monoisotopic (exact) mass is 350 g/mol. The number of benzene rings is 2. The van der Waals surface area contributed by atoms with Gasteiger partial charge in [-0.25, -0.2) is 0 Å². The lowest BCUT2D eigenvalue weighted by atomic mass is 10.2. The van der Waals surface area contributed by atoms with E-state index < -0.39 is 0 Å². The van der Waals surface area contributed by atoms with Crippen LogP contribution in [-0.4, -0.2) is 23.4 Å². The maximum atomic E-state index is 12.5. The SMILES string of the molecule is CC(C)N(Cc1ccccc1)C(=O)CNc1ccc(Cl)c(Cl)c1. The van der Waals surface area contributed by atoms with Crippen molar-refractivity contribution in [1.82, 2.24) is 4.90 Å². The van der Waals surface area contributed by atoms with E-state index in [1.807, 2.05) is 49.1 Å². The van der Waals surface area contributed by atoms with Gasteiger partial charge in [-0.15, -0.1) is 0 Å². The second kappa shape index (κ2) is 8.23. The molecule has 2 aromatic rings. The maximum Gasteiger partial charge on any atom is 0.242 e. The summed E-state index contributed by atoms with van der Waals surface area (Å²) in [7, 11) is 0. The molecule has 0 unspecified atom stereocenters. The van der Waals surface area contributed by atoms with Crippen LogP contribution in [0, 0.1) is 0 Å². The van der Waals surface area contributed by atoms with Gasteiger partial charge in [-0.2, -0.15) is 0 Å². The Bertz CT molecular complexity index is 659. The maximum absolute atomic E-state index is 12.5. The summed E-state index contributed by atoms with van der Waals surface area (Å²) < 4.78 is 0. The highest BCUT2D eigenvalue weighted by molar-refractivity contribution is 6.42. The first kappa shape index (κ1) is 17.6. The van der Waals surface area contributed by atoms with Crippen LogP contribution < -0.4 is 5.32 Å². The van der Waals surface area contributed by atoms with E-state index in [0.717, 1.165) is 11.3 Å². The molecule has 2 rings (SSSR count). The average molecular weight is 351 g/mol. The first-order valence-electron chi connectivity index (χ1n) is 7.49. The molecule has 0 aliphatic heterocycles. The molecule has 0 fully saturated rings. The predicted octanol–water partition coefficient (Wildman–Crippen LogP) is 4.84. The standard InChI is InChI=1S/C18H20Cl2N2O/c1-13(2)22(12-14-6-4-3-5-7-14)18(23)11-21-15-8-9-16(19)17(20)10-15/h3-10,13,21H,11-12H2,1-2H3. The van der Waals surface area contributed by atoms with Gasteiger partial charge in [-0.3, -0.25) is 4.79 Å². The van der Waals surface area contributed by atoms with E-state index in [1.54, 1.807) is 18.2 Å². The van der Waals surface area contributed by atoms with Gasteiger partial charge in [-0.1, -0.05) is 53.5 Å². The molecule has 0 saturated carbocycles. The van der Waals surface area contributed by atoms with Crippen molar-refractivity contribution in [2.24, 2.45) is 0 Å². The van der Waals surface area contributed by atoms with Crippen LogP contribution in [0.25, 0.3) is 0 Å². The van der Waals surface area contributed by atoms with Crippen molar-refractivity contribution in [2.75, 3.05) is 11.9 Å². The zero-order chi connectivity index (χ0) is 16.8. The second-order valence-corrected chi connectivity index (χ2v) is 6.40. The minimum atomic E-state index is 0.0370. The normalized spacial score (nSPS) is 10.7. The summed E-state index contributed by atoms with van der Waals surface area (Å²) in [5, 5.41) is 4.06. The number of nitrogens with zero attached hydrogens (tertiary/aromatic N) is 1. The van der Waals surface area contributed by atoms with Crippen LogP contribution >= 0.6 is 23.2 Å². The number of rotatable bonds is 6. The topological polar surface area (TPSA) is 32.3 Å². The molecule has 122 valence electrons. The summed E-state index contributed by atoms with van der Waals surface area (Å²) in [6.07, 6.45) is 0. The Morgan fingerprint density at radius 1 is 1.09 bits per heavy atom. The fraction of sp³-hybridized carbons (Fsp3) is 0.278. The largest absolute Gasteiger partial charge is 0.376 e. The van der Waals surface area contributed by atoms with E-state index in [0.29, 0.717) is 16.6 Å². The molecule has 0 saturated heterocycles. The van der Waals surface area contributed by atoms with E-state index in [9.17, 15) is 4.79 Å². The Labute approximate surface area is 147 Å². The average Bonchev–Trinajstić information content (AvgIpc) is 2.54. The van der Waals surface area contributed by atoms with Crippen molar-refractivity contribution in [1.29, 1.82) is 0 Å². The first-order valence-corrected chi connectivity index (χ1v) is 8.25. The van der Waals surface area contributed by atoms with Gasteiger partial charge in [0.1, 0.15) is 0 Å². The summed E-state index contributed by atoms with van der Waals surface area (Å²) in [4.78, 5) is 14.4. The van der Waals surface area contributed by atoms with Gasteiger partial charge >= 0.3 is 0 Å². The molecule has 0 aliphatic rings. The lowest BCUT2D eigenvalue weighted by molar-refractivity contribution is -0.131. The summed E-state index contributed by atoms with van der Waals surface area (Å²) in [6, 6.07) is 15.3. The predicted molar refractivity (Wildman–Crippen MR) is 97.1 cm³/mol. The summed E-state index contributed by atoms with van der Waals surface area (Å²) in [5.74, 6) is 0.0370. The molecule has 1 amide bonds. The molecule has 2 aromatic carbocycles. The zero-order valence-corrected chi connectivity index (χ0v) is 14.7. The fourth-order valence-electron chi connectivity index (χ4n) is 2.22. The van der Waals surface area contributed by atoms with Gasteiger partial charge in [-0.05, 0) is 37.6 Å². The van der Waals surface area contributed by atoms with Crippen LogP contribution in [0.15, 0.2) is 48.5 Å². The quantitative estimate of drug-likeness (QED) is 0.807. The number of carbonyl (C=O) groups excluding carboxylic acids is 1. The summed E-state index contributed by atoms with van der Waals surface area (Å²) in [5.41, 5.74) is 1.89. The van der Waals surface area contributed by atoms with Crippen molar-refractivity contribution in [3.05, 3.63) is 64.1 Å². The first-order chi connectivity index (χ1) is 11.0. The van der Waals surface area contributed by atoms with E-state index in [2.05, 4.69) is 5.32 Å². The van der Waals surface area contributed by atoms with Crippen LogP contribution in [0.4, 0.5) is 5.69 Å². The minimum Gasteiger partial charge on any atom is -0.376 e. The molecule has 23 heavy (non-hydrogen) atoms.